The van der Waals surface area contributed by atoms with Gasteiger partial charge in [-0.1, -0.05) is 12.1 Å². The van der Waals surface area contributed by atoms with Crippen LogP contribution in [0, 0.1) is 0 Å². The average molecular weight is 386 g/mol. The van der Waals surface area contributed by atoms with E-state index in [1.54, 1.807) is 14.2 Å². The van der Waals surface area contributed by atoms with Crippen LogP contribution in [0.4, 0.5) is 0 Å². The lowest BCUT2D eigenvalue weighted by Gasteiger charge is -2.21. The fourth-order valence-electron chi connectivity index (χ4n) is 2.14. The van der Waals surface area contributed by atoms with Gasteiger partial charge in [0.15, 0.2) is 5.11 Å². The number of rotatable bonds is 6. The van der Waals surface area contributed by atoms with E-state index in [0.717, 1.165) is 6.42 Å². The van der Waals surface area contributed by atoms with Gasteiger partial charge in [0, 0.05) is 44.4 Å². The number of nitrogens with zero attached hydrogens (tertiary/aromatic N) is 1. The highest BCUT2D eigenvalue weighted by Gasteiger charge is 2.18. The van der Waals surface area contributed by atoms with Crippen molar-refractivity contribution in [1.29, 1.82) is 0 Å². The Labute approximate surface area is 157 Å². The quantitative estimate of drug-likeness (QED) is 0.443. The number of thiocarbonyl (C=S) groups is 1. The molecule has 0 unspecified atom stereocenters. The summed E-state index contributed by atoms with van der Waals surface area (Å²) in [7, 11) is 3.39. The van der Waals surface area contributed by atoms with Crippen molar-refractivity contribution in [1.82, 2.24) is 15.8 Å². The third kappa shape index (κ3) is 5.84. The number of hydrogen-bond donors (Lipinski definition) is 2. The first-order chi connectivity index (χ1) is 11.6. The number of carbonyl (C=O) groups excluding carboxylic acids is 1. The molecule has 1 heterocycles. The second-order valence-corrected chi connectivity index (χ2v) is 8.38. The number of amides is 1. The third-order valence-corrected chi connectivity index (χ3v) is 6.96. The van der Waals surface area contributed by atoms with Crippen molar-refractivity contribution in [2.75, 3.05) is 38.8 Å². The van der Waals surface area contributed by atoms with Crippen molar-refractivity contribution >= 4 is 46.8 Å². The molecule has 1 aliphatic heterocycles. The largest absolute Gasteiger partial charge is 0.385 e. The highest BCUT2D eigenvalue weighted by Crippen LogP contribution is 2.45. The van der Waals surface area contributed by atoms with Gasteiger partial charge in [0.1, 0.15) is 0 Å². The van der Waals surface area contributed by atoms with Gasteiger partial charge < -0.3 is 10.1 Å². The molecule has 1 fully saturated rings. The molecule has 1 aliphatic rings. The predicted octanol–water partition coefficient (Wildman–Crippen LogP) is 2.65. The second kappa shape index (κ2) is 10.1. The van der Waals surface area contributed by atoms with Gasteiger partial charge in [0.05, 0.1) is 4.58 Å². The Kier molecular flexibility index (Phi) is 8.17. The molecular weight excluding hydrogens is 362 g/mol. The van der Waals surface area contributed by atoms with Crippen molar-refractivity contribution in [2.45, 2.75) is 11.0 Å². The molecule has 2 rings (SSSR count). The Morgan fingerprint density at radius 3 is 2.62 bits per heavy atom. The topological polar surface area (TPSA) is 53.6 Å². The molecule has 0 spiro atoms. The van der Waals surface area contributed by atoms with Gasteiger partial charge in [0.25, 0.3) is 5.91 Å². The van der Waals surface area contributed by atoms with Gasteiger partial charge in [-0.3, -0.25) is 15.2 Å². The summed E-state index contributed by atoms with van der Waals surface area (Å²) in [5.74, 6) is 2.21. The first kappa shape index (κ1) is 19.4. The smallest absolute Gasteiger partial charge is 0.269 e. The number of carbonyl (C=O) groups is 1. The first-order valence-corrected chi connectivity index (χ1v) is 10.3. The maximum Gasteiger partial charge on any atom is 0.269 e. The summed E-state index contributed by atoms with van der Waals surface area (Å²) < 4.78 is 5.48. The molecule has 1 aromatic carbocycles. The molecule has 0 atom stereocenters. The van der Waals surface area contributed by atoms with Crippen molar-refractivity contribution in [3.05, 3.63) is 35.4 Å². The average Bonchev–Trinajstić information content (AvgIpc) is 3.13. The minimum Gasteiger partial charge on any atom is -0.385 e. The van der Waals surface area contributed by atoms with Gasteiger partial charge in [-0.25, -0.2) is 0 Å². The molecule has 8 heteroatoms. The van der Waals surface area contributed by atoms with Crippen LogP contribution in [0.5, 0.6) is 0 Å². The summed E-state index contributed by atoms with van der Waals surface area (Å²) in [6.07, 6.45) is 0.858. The van der Waals surface area contributed by atoms with E-state index < -0.39 is 0 Å². The maximum absolute atomic E-state index is 12.3. The van der Waals surface area contributed by atoms with Crippen LogP contribution in [0.3, 0.4) is 0 Å². The normalized spacial score (nSPS) is 14.4. The molecular formula is C16H23N3O2S3. The summed E-state index contributed by atoms with van der Waals surface area (Å²) in [4.78, 5) is 12.3. The molecule has 1 amide bonds. The van der Waals surface area contributed by atoms with Gasteiger partial charge in [0.2, 0.25) is 0 Å². The van der Waals surface area contributed by atoms with Crippen LogP contribution in [-0.2, 0) is 4.74 Å². The number of methoxy groups -OCH3 is 1. The fraction of sp³-hybridized carbons (Fsp3) is 0.500. The second-order valence-electron chi connectivity index (χ2n) is 5.27. The van der Waals surface area contributed by atoms with Crippen molar-refractivity contribution in [3.8, 4) is 0 Å². The zero-order valence-electron chi connectivity index (χ0n) is 13.9. The summed E-state index contributed by atoms with van der Waals surface area (Å²) in [5, 5.41) is 5.09. The highest BCUT2D eigenvalue weighted by molar-refractivity contribution is 8.19. The number of hydrogen-bond acceptors (Lipinski definition) is 5. The monoisotopic (exact) mass is 385 g/mol. The van der Waals surface area contributed by atoms with Crippen LogP contribution in [0.15, 0.2) is 24.3 Å². The Morgan fingerprint density at radius 2 is 2.00 bits per heavy atom. The SMILES string of the molecule is COCCCNC(=S)N(C)NC(=O)c1ccc(C2SCCS2)cc1. The summed E-state index contributed by atoms with van der Waals surface area (Å²) in [6, 6.07) is 7.80. The molecule has 132 valence electrons. The lowest BCUT2D eigenvalue weighted by atomic mass is 10.1. The molecule has 1 aromatic rings. The van der Waals surface area contributed by atoms with E-state index in [1.165, 1.54) is 22.1 Å². The standard InChI is InChI=1S/C16H23N3O2S3/c1-19(16(22)17-8-3-9-21-2)18-14(20)12-4-6-13(7-5-12)15-23-10-11-24-15/h4-7,15H,3,8-11H2,1-2H3,(H,17,22)(H,18,20). The van der Waals surface area contributed by atoms with Crippen molar-refractivity contribution in [2.24, 2.45) is 0 Å². The minimum absolute atomic E-state index is 0.170. The fourth-order valence-corrected chi connectivity index (χ4v) is 5.15. The summed E-state index contributed by atoms with van der Waals surface area (Å²) >= 11 is 9.15. The van der Waals surface area contributed by atoms with Crippen LogP contribution in [0.25, 0.3) is 0 Å². The zero-order valence-corrected chi connectivity index (χ0v) is 16.4. The Balaban J connectivity index is 1.81. The molecule has 5 nitrogen and oxygen atoms in total. The van der Waals surface area contributed by atoms with Crippen molar-refractivity contribution < 1.29 is 9.53 Å². The maximum atomic E-state index is 12.3. The lowest BCUT2D eigenvalue weighted by Crippen LogP contribution is -2.48. The zero-order chi connectivity index (χ0) is 17.4. The van der Waals surface area contributed by atoms with E-state index >= 15 is 0 Å². The van der Waals surface area contributed by atoms with E-state index in [2.05, 4.69) is 10.7 Å². The van der Waals surface area contributed by atoms with Gasteiger partial charge in [-0.05, 0) is 36.3 Å². The minimum atomic E-state index is -0.170. The molecule has 0 aliphatic carbocycles. The van der Waals surface area contributed by atoms with Crippen LogP contribution < -0.4 is 10.7 Å². The van der Waals surface area contributed by atoms with Crippen molar-refractivity contribution in [3.63, 3.8) is 0 Å². The number of thioether (sulfide) groups is 2. The van der Waals surface area contributed by atoms with E-state index in [9.17, 15) is 4.79 Å². The third-order valence-electron chi connectivity index (χ3n) is 3.44. The molecule has 0 saturated carbocycles. The number of hydrazine groups is 1. The number of benzene rings is 1. The molecule has 0 radical (unpaired) electrons. The van der Waals surface area contributed by atoms with Gasteiger partial charge >= 0.3 is 0 Å². The van der Waals surface area contributed by atoms with E-state index in [-0.39, 0.29) is 5.91 Å². The van der Waals surface area contributed by atoms with Gasteiger partial charge in [-0.2, -0.15) is 0 Å². The van der Waals surface area contributed by atoms with Crippen LogP contribution >= 0.6 is 35.7 Å². The molecule has 1 saturated heterocycles. The predicted molar refractivity (Wildman–Crippen MR) is 106 cm³/mol. The first-order valence-electron chi connectivity index (χ1n) is 7.76. The van der Waals surface area contributed by atoms with Crippen LogP contribution in [-0.4, -0.2) is 54.8 Å². The Morgan fingerprint density at radius 1 is 1.33 bits per heavy atom. The van der Waals surface area contributed by atoms with E-state index in [0.29, 0.717) is 28.4 Å². The molecule has 24 heavy (non-hydrogen) atoms. The molecule has 0 aromatic heterocycles. The number of ether oxygens (including phenoxy) is 1. The summed E-state index contributed by atoms with van der Waals surface area (Å²) in [5.41, 5.74) is 4.67. The lowest BCUT2D eigenvalue weighted by molar-refractivity contribution is 0.0886. The van der Waals surface area contributed by atoms with E-state index in [4.69, 9.17) is 17.0 Å². The van der Waals surface area contributed by atoms with Crippen LogP contribution in [0.2, 0.25) is 0 Å². The number of nitrogens with one attached hydrogen (secondary N) is 2. The van der Waals surface area contributed by atoms with Crippen LogP contribution in [0.1, 0.15) is 26.9 Å². The Bertz CT molecular complexity index is 548. The van der Waals surface area contributed by atoms with E-state index in [1.807, 2.05) is 47.8 Å². The molecule has 0 bridgehead atoms. The van der Waals surface area contributed by atoms with Gasteiger partial charge in [-0.15, -0.1) is 23.5 Å². The summed E-state index contributed by atoms with van der Waals surface area (Å²) in [6.45, 7) is 1.38. The molecule has 2 N–H and O–H groups in total. The Hall–Kier alpha value is -0.960. The highest BCUT2D eigenvalue weighted by atomic mass is 32.2.